The van der Waals surface area contributed by atoms with Gasteiger partial charge in [-0.15, -0.1) is 0 Å². The van der Waals surface area contributed by atoms with Crippen LogP contribution in [0, 0.1) is 0 Å². The molecule has 0 aromatic rings. The first kappa shape index (κ1) is 62.0. The van der Waals surface area contributed by atoms with E-state index in [0.717, 1.165) is 45.4 Å². The maximum absolute atomic E-state index is 12.8. The molecular formula is C50H94N2O16. The zero-order valence-electron chi connectivity index (χ0n) is 42.1. The van der Waals surface area contributed by atoms with E-state index in [-0.39, 0.29) is 13.2 Å². The fourth-order valence-corrected chi connectivity index (χ4v) is 8.89. The molecule has 68 heavy (non-hydrogen) atoms. The molecule has 0 saturated carbocycles. The lowest BCUT2D eigenvalue weighted by atomic mass is 9.88. The van der Waals surface area contributed by atoms with Gasteiger partial charge in [0.15, 0.2) is 6.29 Å². The highest BCUT2D eigenvalue weighted by atomic mass is 16.7. The molecule has 400 valence electrons. The summed E-state index contributed by atoms with van der Waals surface area (Å²) in [6.45, 7) is 6.21. The molecule has 2 amide bonds. The van der Waals surface area contributed by atoms with Crippen molar-refractivity contribution in [3.8, 4) is 0 Å². The van der Waals surface area contributed by atoms with Crippen LogP contribution in [0.2, 0.25) is 0 Å². The van der Waals surface area contributed by atoms with E-state index in [1.807, 2.05) is 0 Å². The second-order valence-corrected chi connectivity index (χ2v) is 19.1. The maximum atomic E-state index is 12.8. The van der Waals surface area contributed by atoms with E-state index in [2.05, 4.69) is 24.5 Å². The number of aliphatic hydroxyl groups is 6. The number of aliphatic carboxylic acids is 1. The third-order valence-corrected chi connectivity index (χ3v) is 13.0. The van der Waals surface area contributed by atoms with E-state index >= 15 is 0 Å². The van der Waals surface area contributed by atoms with Gasteiger partial charge in [0.25, 0.3) is 5.79 Å². The smallest absolute Gasteiger partial charge is 0.364 e. The number of amides is 2. The van der Waals surface area contributed by atoms with Crippen molar-refractivity contribution < 1.29 is 78.6 Å². The van der Waals surface area contributed by atoms with Gasteiger partial charge < -0.3 is 74.8 Å². The molecule has 0 aromatic heterocycles. The minimum absolute atomic E-state index is 0.0838. The Morgan fingerprint density at radius 3 is 1.60 bits per heavy atom. The molecule has 0 bridgehead atoms. The Labute approximate surface area is 406 Å². The average molecular weight is 979 g/mol. The fourth-order valence-electron chi connectivity index (χ4n) is 8.89. The van der Waals surface area contributed by atoms with E-state index < -0.39 is 110 Å². The van der Waals surface area contributed by atoms with Gasteiger partial charge in [0.05, 0.1) is 38.6 Å². The number of rotatable bonds is 41. The molecule has 2 aliphatic heterocycles. The lowest BCUT2D eigenvalue weighted by Crippen LogP contribution is -2.69. The number of hydrogen-bond acceptors (Lipinski definition) is 15. The van der Waals surface area contributed by atoms with Crippen molar-refractivity contribution >= 4 is 17.8 Å². The summed E-state index contributed by atoms with van der Waals surface area (Å²) in [5, 5.41) is 79.3. The van der Waals surface area contributed by atoms with Crippen molar-refractivity contribution in [3.63, 3.8) is 0 Å². The van der Waals surface area contributed by atoms with E-state index in [4.69, 9.17) is 28.4 Å². The molecule has 2 aliphatic rings. The molecule has 2 saturated heterocycles. The highest BCUT2D eigenvalue weighted by Gasteiger charge is 2.57. The Morgan fingerprint density at radius 1 is 0.662 bits per heavy atom. The molecule has 12 atom stereocenters. The van der Waals surface area contributed by atoms with Crippen molar-refractivity contribution in [1.29, 1.82) is 0 Å². The predicted octanol–water partition coefficient (Wildman–Crippen LogP) is 4.92. The lowest BCUT2D eigenvalue weighted by molar-refractivity contribution is -0.331. The summed E-state index contributed by atoms with van der Waals surface area (Å²) in [6, 6.07) is -2.69. The van der Waals surface area contributed by atoms with Crippen LogP contribution in [0.4, 0.5) is 0 Å². The van der Waals surface area contributed by atoms with Gasteiger partial charge in [-0.1, -0.05) is 155 Å². The quantitative estimate of drug-likeness (QED) is 0.0368. The molecule has 18 nitrogen and oxygen atoms in total. The van der Waals surface area contributed by atoms with Gasteiger partial charge in [-0.25, -0.2) is 4.79 Å². The van der Waals surface area contributed by atoms with Crippen LogP contribution in [-0.4, -0.2) is 166 Å². The summed E-state index contributed by atoms with van der Waals surface area (Å²) in [6.07, 6.45) is 14.2. The third-order valence-electron chi connectivity index (χ3n) is 13.0. The van der Waals surface area contributed by atoms with Gasteiger partial charge in [0, 0.05) is 33.5 Å². The SMILES string of the molecule is CCCCCCCCCCCCCCOC[C@H](CO[C@@H]1O[C@H](CO[C@]2(C(=O)O)C[C@H](O)[C@@H](NC(C)=O)[C@H]([C@H](O)[C@H](O)CO)O2)[C@H](O)[C@H](O)[C@H]1NC(C)=O)OCCCCCCCCCCCCCC. The second kappa shape index (κ2) is 36.8. The average Bonchev–Trinajstić information content (AvgIpc) is 3.30. The number of hydrogen-bond donors (Lipinski definition) is 9. The Balaban J connectivity index is 2.07. The minimum atomic E-state index is -2.73. The topological polar surface area (TPSA) is 272 Å². The minimum Gasteiger partial charge on any atom is -0.477 e. The second-order valence-electron chi connectivity index (χ2n) is 19.1. The molecule has 0 aromatic carbocycles. The zero-order chi connectivity index (χ0) is 50.2. The summed E-state index contributed by atoms with van der Waals surface area (Å²) in [5.74, 6) is -5.70. The molecule has 0 unspecified atom stereocenters. The Hall–Kier alpha value is -2.07. The molecule has 9 N–H and O–H groups in total. The fraction of sp³-hybridized carbons (Fsp3) is 0.940. The first-order chi connectivity index (χ1) is 32.7. The van der Waals surface area contributed by atoms with Gasteiger partial charge in [-0.2, -0.15) is 0 Å². The van der Waals surface area contributed by atoms with E-state index in [0.29, 0.717) is 13.2 Å². The number of unbranched alkanes of at least 4 members (excludes halogenated alkanes) is 22. The van der Waals surface area contributed by atoms with Crippen LogP contribution in [0.1, 0.15) is 188 Å². The molecule has 0 aliphatic carbocycles. The first-order valence-electron chi connectivity index (χ1n) is 26.3. The molecule has 0 radical (unpaired) electrons. The summed E-state index contributed by atoms with van der Waals surface area (Å²) >= 11 is 0. The zero-order valence-corrected chi connectivity index (χ0v) is 42.1. The number of carboxylic acid groups (broad SMARTS) is 1. The molecule has 2 rings (SSSR count). The molecule has 0 spiro atoms. The van der Waals surface area contributed by atoms with Crippen molar-refractivity contribution in [3.05, 3.63) is 0 Å². The van der Waals surface area contributed by atoms with Crippen molar-refractivity contribution in [2.24, 2.45) is 0 Å². The highest BCUT2D eigenvalue weighted by Crippen LogP contribution is 2.35. The van der Waals surface area contributed by atoms with Crippen molar-refractivity contribution in [2.45, 2.75) is 261 Å². The van der Waals surface area contributed by atoms with Gasteiger partial charge in [-0.05, 0) is 12.8 Å². The van der Waals surface area contributed by atoms with E-state index in [1.165, 1.54) is 122 Å². The standard InChI is InChI=1S/C50H94N2O16/c1-5-7-9-11-13-15-17-19-21-23-25-27-29-63-33-38(64-30-28-26-24-22-20-18-16-14-12-10-8-6-2)34-65-48-43(52-37(4)55)46(60)45(59)41(67-48)35-66-50(49(61)62)31-39(56)42(51-36(3)54)47(68-50)44(58)40(57)32-53/h38-48,53,56-60H,5-35H2,1-4H3,(H,51,54)(H,52,55)(H,61,62)/t38-,39+,40-,41-,42-,43-,44-,45+,46-,47-,48-,50-/m1/s1. The van der Waals surface area contributed by atoms with Gasteiger partial charge in [0.1, 0.15) is 48.8 Å². The predicted molar refractivity (Wildman–Crippen MR) is 255 cm³/mol. The number of carbonyl (C=O) groups excluding carboxylic acids is 2. The summed E-state index contributed by atoms with van der Waals surface area (Å²) in [4.78, 5) is 37.0. The monoisotopic (exact) mass is 979 g/mol. The highest BCUT2D eigenvalue weighted by molar-refractivity contribution is 5.76. The Morgan fingerprint density at radius 2 is 1.13 bits per heavy atom. The number of ether oxygens (including phenoxy) is 6. The van der Waals surface area contributed by atoms with E-state index in [9.17, 15) is 50.1 Å². The van der Waals surface area contributed by atoms with Crippen LogP contribution in [0.25, 0.3) is 0 Å². The largest absolute Gasteiger partial charge is 0.477 e. The maximum Gasteiger partial charge on any atom is 0.364 e. The van der Waals surface area contributed by atoms with Gasteiger partial charge >= 0.3 is 5.97 Å². The van der Waals surface area contributed by atoms with Crippen molar-refractivity contribution in [1.82, 2.24) is 10.6 Å². The Bertz CT molecular complexity index is 1320. The summed E-state index contributed by atoms with van der Waals surface area (Å²) in [7, 11) is 0. The lowest BCUT2D eigenvalue weighted by Gasteiger charge is -2.47. The molecule has 2 fully saturated rings. The number of nitrogens with one attached hydrogen (secondary N) is 2. The van der Waals surface area contributed by atoms with Gasteiger partial charge in [-0.3, -0.25) is 9.59 Å². The first-order valence-corrected chi connectivity index (χ1v) is 26.3. The molecule has 2 heterocycles. The van der Waals surface area contributed by atoms with Gasteiger partial charge in [0.2, 0.25) is 11.8 Å². The normalized spacial score (nSPS) is 26.6. The summed E-state index contributed by atoms with van der Waals surface area (Å²) in [5.41, 5.74) is 0. The van der Waals surface area contributed by atoms with Crippen molar-refractivity contribution in [2.75, 3.05) is 39.6 Å². The van der Waals surface area contributed by atoms with Crippen LogP contribution < -0.4 is 10.6 Å². The third kappa shape index (κ3) is 24.4. The van der Waals surface area contributed by atoms with Crippen LogP contribution in [0.3, 0.4) is 0 Å². The Kier molecular flexibility index (Phi) is 33.6. The summed E-state index contributed by atoms with van der Waals surface area (Å²) < 4.78 is 36.0. The van der Waals surface area contributed by atoms with E-state index in [1.54, 1.807) is 0 Å². The van der Waals surface area contributed by atoms with Crippen LogP contribution >= 0.6 is 0 Å². The number of carboxylic acids is 1. The van der Waals surface area contributed by atoms with Crippen LogP contribution in [-0.2, 0) is 42.8 Å². The van der Waals surface area contributed by atoms with Crippen LogP contribution in [0.15, 0.2) is 0 Å². The number of carbonyl (C=O) groups is 3. The molecular weight excluding hydrogens is 885 g/mol. The van der Waals surface area contributed by atoms with Crippen LogP contribution in [0.5, 0.6) is 0 Å². The molecule has 18 heteroatoms. The number of aliphatic hydroxyl groups excluding tert-OH is 6.